The highest BCUT2D eigenvalue weighted by atomic mass is 19.1. The average Bonchev–Trinajstić information content (AvgIpc) is 2.65. The smallest absolute Gasteiger partial charge is 0.269 e. The molecule has 2 N–H and O–H groups in total. The Labute approximate surface area is 147 Å². The van der Waals surface area contributed by atoms with E-state index in [1.165, 1.54) is 30.7 Å². The number of anilines is 2. The Morgan fingerprint density at radius 1 is 1.16 bits per heavy atom. The fourth-order valence-corrected chi connectivity index (χ4v) is 2.88. The van der Waals surface area contributed by atoms with Gasteiger partial charge in [0, 0.05) is 6.54 Å². The van der Waals surface area contributed by atoms with Crippen molar-refractivity contribution in [2.24, 2.45) is 0 Å². The fourth-order valence-electron chi connectivity index (χ4n) is 2.88. The molecule has 5 heteroatoms. The lowest BCUT2D eigenvalue weighted by Gasteiger charge is -2.13. The maximum atomic E-state index is 13.6. The van der Waals surface area contributed by atoms with Gasteiger partial charge in [-0.15, -0.1) is 0 Å². The molecule has 1 amide bonds. The van der Waals surface area contributed by atoms with E-state index in [9.17, 15) is 9.18 Å². The van der Waals surface area contributed by atoms with Crippen LogP contribution < -0.4 is 10.6 Å². The zero-order chi connectivity index (χ0) is 17.5. The van der Waals surface area contributed by atoms with Crippen molar-refractivity contribution in [1.82, 2.24) is 10.3 Å². The van der Waals surface area contributed by atoms with Crippen molar-refractivity contribution in [2.75, 3.05) is 11.9 Å². The number of hydrogen-bond donors (Lipinski definition) is 2. The first-order valence-corrected chi connectivity index (χ1v) is 8.66. The molecule has 0 unspecified atom stereocenters. The van der Waals surface area contributed by atoms with Crippen molar-refractivity contribution in [3.05, 3.63) is 65.8 Å². The van der Waals surface area contributed by atoms with Crippen LogP contribution >= 0.6 is 0 Å². The summed E-state index contributed by atoms with van der Waals surface area (Å²) < 4.78 is 13.6. The summed E-state index contributed by atoms with van der Waals surface area (Å²) in [4.78, 5) is 16.3. The normalized spacial score (nSPS) is 13.9. The molecule has 3 rings (SSSR count). The first kappa shape index (κ1) is 17.1. The molecule has 25 heavy (non-hydrogen) atoms. The second kappa shape index (κ2) is 8.42. The number of carbonyl (C=O) groups is 1. The van der Waals surface area contributed by atoms with Crippen LogP contribution in [0, 0.1) is 5.82 Å². The number of nitrogens with zero attached hydrogens (tertiary/aromatic N) is 1. The van der Waals surface area contributed by atoms with E-state index in [1.807, 2.05) is 0 Å². The van der Waals surface area contributed by atoms with Crippen LogP contribution in [0.2, 0.25) is 0 Å². The molecule has 0 fully saturated rings. The number of amides is 1. The summed E-state index contributed by atoms with van der Waals surface area (Å²) in [5, 5.41) is 5.85. The van der Waals surface area contributed by atoms with E-state index >= 15 is 0 Å². The molecule has 130 valence electrons. The number of rotatable bonds is 6. The van der Waals surface area contributed by atoms with Crippen LogP contribution in [0.3, 0.4) is 0 Å². The largest absolute Gasteiger partial charge is 0.352 e. The summed E-state index contributed by atoms with van der Waals surface area (Å²) in [5.74, 6) is -0.518. The molecule has 0 bridgehead atoms. The van der Waals surface area contributed by atoms with Crippen molar-refractivity contribution in [3.8, 4) is 0 Å². The predicted octanol–water partition coefficient (Wildman–Crippen LogP) is 4.58. The summed E-state index contributed by atoms with van der Waals surface area (Å²) in [6.07, 6.45) is 9.54. The van der Waals surface area contributed by atoms with Crippen LogP contribution in [0.25, 0.3) is 0 Å². The topological polar surface area (TPSA) is 54.0 Å². The number of benzene rings is 1. The Balaban J connectivity index is 1.52. The van der Waals surface area contributed by atoms with Crippen LogP contribution in [0.1, 0.15) is 42.6 Å². The number of allylic oxidation sites excluding steroid dienone is 1. The number of hydrogen-bond acceptors (Lipinski definition) is 3. The number of nitrogens with one attached hydrogen (secondary N) is 2. The molecule has 4 nitrogen and oxygen atoms in total. The monoisotopic (exact) mass is 339 g/mol. The third-order valence-corrected chi connectivity index (χ3v) is 4.27. The van der Waals surface area contributed by atoms with Gasteiger partial charge in [-0.05, 0) is 56.4 Å². The molecule has 0 radical (unpaired) electrons. The SMILES string of the molecule is O=C(NCCC1=CCCCC1)c1ccc(Nc2ccccc2F)cn1. The molecule has 0 saturated heterocycles. The van der Waals surface area contributed by atoms with Gasteiger partial charge in [0.25, 0.3) is 5.91 Å². The second-order valence-corrected chi connectivity index (χ2v) is 6.15. The maximum Gasteiger partial charge on any atom is 0.269 e. The number of aromatic nitrogens is 1. The van der Waals surface area contributed by atoms with Gasteiger partial charge >= 0.3 is 0 Å². The van der Waals surface area contributed by atoms with Gasteiger partial charge in [0.15, 0.2) is 0 Å². The van der Waals surface area contributed by atoms with E-state index in [4.69, 9.17) is 0 Å². The van der Waals surface area contributed by atoms with Crippen LogP contribution in [0.4, 0.5) is 15.8 Å². The van der Waals surface area contributed by atoms with Gasteiger partial charge in [-0.3, -0.25) is 4.79 Å². The van der Waals surface area contributed by atoms with E-state index in [2.05, 4.69) is 21.7 Å². The van der Waals surface area contributed by atoms with Crippen LogP contribution in [-0.2, 0) is 0 Å². The van der Waals surface area contributed by atoms with E-state index in [0.29, 0.717) is 23.6 Å². The summed E-state index contributed by atoms with van der Waals surface area (Å²) in [6.45, 7) is 0.627. The zero-order valence-corrected chi connectivity index (χ0v) is 14.1. The van der Waals surface area contributed by atoms with Crippen molar-refractivity contribution >= 4 is 17.3 Å². The van der Waals surface area contributed by atoms with Gasteiger partial charge in [-0.25, -0.2) is 9.37 Å². The first-order valence-electron chi connectivity index (χ1n) is 8.66. The van der Waals surface area contributed by atoms with Crippen molar-refractivity contribution in [1.29, 1.82) is 0 Å². The number of para-hydroxylation sites is 1. The van der Waals surface area contributed by atoms with Crippen molar-refractivity contribution in [3.63, 3.8) is 0 Å². The number of pyridine rings is 1. The molecule has 0 spiro atoms. The van der Waals surface area contributed by atoms with Gasteiger partial charge in [-0.2, -0.15) is 0 Å². The van der Waals surface area contributed by atoms with E-state index in [-0.39, 0.29) is 11.7 Å². The molecule has 0 aliphatic heterocycles. The quantitative estimate of drug-likeness (QED) is 0.757. The molecule has 2 aromatic rings. The molecule has 1 aliphatic rings. The van der Waals surface area contributed by atoms with Gasteiger partial charge in [0.1, 0.15) is 11.5 Å². The van der Waals surface area contributed by atoms with E-state index in [0.717, 1.165) is 19.3 Å². The average molecular weight is 339 g/mol. The van der Waals surface area contributed by atoms with Gasteiger partial charge < -0.3 is 10.6 Å². The summed E-state index contributed by atoms with van der Waals surface area (Å²) in [5.41, 5.74) is 2.80. The lowest BCUT2D eigenvalue weighted by molar-refractivity contribution is 0.0949. The van der Waals surface area contributed by atoms with Crippen molar-refractivity contribution in [2.45, 2.75) is 32.1 Å². The Hall–Kier alpha value is -2.69. The molecule has 1 aromatic carbocycles. The molecule has 0 atom stereocenters. The summed E-state index contributed by atoms with van der Waals surface area (Å²) in [7, 11) is 0. The molecular formula is C20H22FN3O. The van der Waals surface area contributed by atoms with E-state index in [1.54, 1.807) is 30.3 Å². The fraction of sp³-hybridized carbons (Fsp3) is 0.300. The summed E-state index contributed by atoms with van der Waals surface area (Å²) >= 11 is 0. The second-order valence-electron chi connectivity index (χ2n) is 6.15. The lowest BCUT2D eigenvalue weighted by atomic mass is 9.97. The van der Waals surface area contributed by atoms with Gasteiger partial charge in [-0.1, -0.05) is 23.8 Å². The summed E-state index contributed by atoms with van der Waals surface area (Å²) in [6, 6.07) is 9.78. The Morgan fingerprint density at radius 2 is 2.04 bits per heavy atom. The maximum absolute atomic E-state index is 13.6. The van der Waals surface area contributed by atoms with Crippen molar-refractivity contribution < 1.29 is 9.18 Å². The highest BCUT2D eigenvalue weighted by Gasteiger charge is 2.09. The highest BCUT2D eigenvalue weighted by molar-refractivity contribution is 5.92. The molecule has 1 aromatic heterocycles. The minimum Gasteiger partial charge on any atom is -0.352 e. The van der Waals surface area contributed by atoms with Gasteiger partial charge in [0.2, 0.25) is 0 Å². The van der Waals surface area contributed by atoms with Crippen LogP contribution in [0.15, 0.2) is 54.2 Å². The standard InChI is InChI=1S/C20H22FN3O/c21-17-8-4-5-9-18(17)24-16-10-11-19(23-14-16)20(25)22-13-12-15-6-2-1-3-7-15/h4-6,8-11,14,24H,1-3,7,12-13H2,(H,22,25). The number of halogens is 1. The Bertz CT molecular complexity index is 756. The third kappa shape index (κ3) is 4.89. The zero-order valence-electron chi connectivity index (χ0n) is 14.1. The van der Waals surface area contributed by atoms with E-state index < -0.39 is 0 Å². The molecule has 0 saturated carbocycles. The Kier molecular flexibility index (Phi) is 5.77. The lowest BCUT2D eigenvalue weighted by Crippen LogP contribution is -2.25. The first-order chi connectivity index (χ1) is 12.2. The third-order valence-electron chi connectivity index (χ3n) is 4.27. The Morgan fingerprint density at radius 3 is 2.76 bits per heavy atom. The van der Waals surface area contributed by atoms with Crippen LogP contribution in [-0.4, -0.2) is 17.4 Å². The molecule has 1 aliphatic carbocycles. The minimum absolute atomic E-state index is 0.186. The minimum atomic E-state index is -0.332. The molecule has 1 heterocycles. The number of carbonyl (C=O) groups excluding carboxylic acids is 1. The molecular weight excluding hydrogens is 317 g/mol. The van der Waals surface area contributed by atoms with Crippen LogP contribution in [0.5, 0.6) is 0 Å². The predicted molar refractivity (Wildman–Crippen MR) is 97.4 cm³/mol. The highest BCUT2D eigenvalue weighted by Crippen LogP contribution is 2.20. The van der Waals surface area contributed by atoms with Gasteiger partial charge in [0.05, 0.1) is 17.6 Å².